The first-order chi connectivity index (χ1) is 8.56. The Morgan fingerprint density at radius 3 is 2.83 bits per heavy atom. The van der Waals surface area contributed by atoms with Crippen LogP contribution in [0.25, 0.3) is 0 Å². The molecule has 1 rings (SSSR count). The lowest BCUT2D eigenvalue weighted by Gasteiger charge is -2.04. The van der Waals surface area contributed by atoms with Gasteiger partial charge in [-0.2, -0.15) is 0 Å². The van der Waals surface area contributed by atoms with Crippen molar-refractivity contribution in [1.82, 2.24) is 5.32 Å². The van der Waals surface area contributed by atoms with Crippen LogP contribution in [0.1, 0.15) is 23.7 Å². The summed E-state index contributed by atoms with van der Waals surface area (Å²) in [6.07, 6.45) is 4.57. The smallest absolute Gasteiger partial charge is 0.287 e. The molecular weight excluding hydrogens is 256 g/mol. The molecule has 0 unspecified atom stereocenters. The number of amides is 1. The average molecular weight is 269 g/mol. The molecule has 0 aliphatic rings. The van der Waals surface area contributed by atoms with Crippen LogP contribution >= 0.6 is 11.6 Å². The molecule has 0 aliphatic carbocycles. The van der Waals surface area contributed by atoms with Gasteiger partial charge in [-0.25, -0.2) is 0 Å². The van der Waals surface area contributed by atoms with Crippen LogP contribution in [0.2, 0.25) is 5.02 Å². The predicted octanol–water partition coefficient (Wildman–Crippen LogP) is 2.94. The maximum Gasteiger partial charge on any atom is 0.287 e. The van der Waals surface area contributed by atoms with Crippen LogP contribution in [0.15, 0.2) is 30.4 Å². The zero-order chi connectivity index (χ0) is 13.5. The summed E-state index contributed by atoms with van der Waals surface area (Å²) in [6.45, 7) is 2.41. The average Bonchev–Trinajstić information content (AvgIpc) is 2.33. The Labute approximate surface area is 110 Å². The Bertz CT molecular complexity index is 486. The lowest BCUT2D eigenvalue weighted by atomic mass is 10.2. The van der Waals surface area contributed by atoms with E-state index in [1.807, 2.05) is 19.1 Å². The first-order valence-corrected chi connectivity index (χ1v) is 5.77. The van der Waals surface area contributed by atoms with E-state index in [4.69, 9.17) is 11.6 Å². The summed E-state index contributed by atoms with van der Waals surface area (Å²) in [5.41, 5.74) is 0.105. The number of carbonyl (C=O) groups is 1. The second kappa shape index (κ2) is 6.76. The third-order valence-electron chi connectivity index (χ3n) is 2.24. The number of nitrogens with zero attached hydrogens (tertiary/aromatic N) is 1. The van der Waals surface area contributed by atoms with E-state index < -0.39 is 4.92 Å². The minimum atomic E-state index is -0.587. The summed E-state index contributed by atoms with van der Waals surface area (Å²) in [7, 11) is 0. The Morgan fingerprint density at radius 1 is 1.56 bits per heavy atom. The molecule has 1 amide bonds. The number of halogens is 1. The van der Waals surface area contributed by atoms with E-state index in [2.05, 4.69) is 5.32 Å². The van der Waals surface area contributed by atoms with Crippen LogP contribution in [0.4, 0.5) is 5.69 Å². The maximum absolute atomic E-state index is 11.7. The van der Waals surface area contributed by atoms with E-state index in [1.165, 1.54) is 18.2 Å². The van der Waals surface area contributed by atoms with Crippen molar-refractivity contribution in [2.24, 2.45) is 0 Å². The molecule has 1 aromatic carbocycles. The molecule has 18 heavy (non-hydrogen) atoms. The number of nitro groups is 1. The minimum Gasteiger partial charge on any atom is -0.352 e. The van der Waals surface area contributed by atoms with Gasteiger partial charge in [-0.05, 0) is 25.5 Å². The summed E-state index contributed by atoms with van der Waals surface area (Å²) in [4.78, 5) is 21.7. The van der Waals surface area contributed by atoms with Gasteiger partial charge < -0.3 is 5.32 Å². The van der Waals surface area contributed by atoms with Crippen molar-refractivity contribution >= 4 is 23.2 Å². The van der Waals surface area contributed by atoms with E-state index in [0.29, 0.717) is 12.1 Å². The highest BCUT2D eigenvalue weighted by Gasteiger charge is 2.14. The van der Waals surface area contributed by atoms with Crippen molar-refractivity contribution in [2.75, 3.05) is 6.54 Å². The second-order valence-corrected chi connectivity index (χ2v) is 3.94. The number of hydrogen-bond acceptors (Lipinski definition) is 3. The number of rotatable bonds is 5. The Hall–Kier alpha value is -1.88. The molecule has 5 nitrogen and oxygen atoms in total. The molecule has 0 aliphatic heterocycles. The molecule has 0 fully saturated rings. The topological polar surface area (TPSA) is 72.2 Å². The van der Waals surface area contributed by atoms with Crippen molar-refractivity contribution in [2.45, 2.75) is 13.3 Å². The molecular formula is C12H13ClN2O3. The molecule has 0 atom stereocenters. The van der Waals surface area contributed by atoms with Crippen LogP contribution in [-0.2, 0) is 0 Å². The van der Waals surface area contributed by atoms with E-state index in [0.717, 1.165) is 6.42 Å². The van der Waals surface area contributed by atoms with Crippen LogP contribution in [0, 0.1) is 10.1 Å². The van der Waals surface area contributed by atoms with Crippen LogP contribution in [-0.4, -0.2) is 17.4 Å². The van der Waals surface area contributed by atoms with Crippen molar-refractivity contribution in [3.05, 3.63) is 51.1 Å². The Morgan fingerprint density at radius 2 is 2.28 bits per heavy atom. The zero-order valence-corrected chi connectivity index (χ0v) is 10.6. The fourth-order valence-electron chi connectivity index (χ4n) is 1.33. The van der Waals surface area contributed by atoms with Gasteiger partial charge in [0, 0.05) is 18.2 Å². The molecule has 0 saturated heterocycles. The van der Waals surface area contributed by atoms with E-state index >= 15 is 0 Å². The number of nitrogens with one attached hydrogen (secondary N) is 1. The summed E-state index contributed by atoms with van der Waals surface area (Å²) >= 11 is 5.72. The number of nitro benzene ring substituents is 1. The molecule has 0 saturated carbocycles. The first-order valence-electron chi connectivity index (χ1n) is 5.39. The number of carbonyl (C=O) groups excluding carboxylic acids is 1. The zero-order valence-electron chi connectivity index (χ0n) is 9.85. The normalized spacial score (nSPS) is 10.6. The molecule has 0 radical (unpaired) electrons. The van der Waals surface area contributed by atoms with Gasteiger partial charge in [-0.15, -0.1) is 0 Å². The largest absolute Gasteiger partial charge is 0.352 e. The minimum absolute atomic E-state index is 0.0406. The van der Waals surface area contributed by atoms with Crippen molar-refractivity contribution in [1.29, 1.82) is 0 Å². The molecule has 0 spiro atoms. The van der Waals surface area contributed by atoms with Crippen LogP contribution in [0.5, 0.6) is 0 Å². The van der Waals surface area contributed by atoms with Gasteiger partial charge in [0.05, 0.1) is 4.92 Å². The molecule has 1 aromatic rings. The summed E-state index contributed by atoms with van der Waals surface area (Å²) in [5.74, 6) is -0.295. The first kappa shape index (κ1) is 14.2. The van der Waals surface area contributed by atoms with E-state index in [-0.39, 0.29) is 16.6 Å². The molecule has 6 heteroatoms. The van der Waals surface area contributed by atoms with Gasteiger partial charge in [-0.3, -0.25) is 14.9 Å². The lowest BCUT2D eigenvalue weighted by Crippen LogP contribution is -2.24. The number of allylic oxidation sites excluding steroid dienone is 1. The van der Waals surface area contributed by atoms with Crippen molar-refractivity contribution < 1.29 is 9.72 Å². The monoisotopic (exact) mass is 268 g/mol. The Balaban J connectivity index is 2.69. The third kappa shape index (κ3) is 3.85. The summed E-state index contributed by atoms with van der Waals surface area (Å²) in [5, 5.41) is 13.2. The predicted molar refractivity (Wildman–Crippen MR) is 69.9 cm³/mol. The highest BCUT2D eigenvalue weighted by atomic mass is 35.5. The van der Waals surface area contributed by atoms with Gasteiger partial charge in [0.2, 0.25) is 0 Å². The highest BCUT2D eigenvalue weighted by molar-refractivity contribution is 6.33. The van der Waals surface area contributed by atoms with Crippen LogP contribution < -0.4 is 5.32 Å². The van der Waals surface area contributed by atoms with Gasteiger partial charge in [-0.1, -0.05) is 23.8 Å². The van der Waals surface area contributed by atoms with Crippen molar-refractivity contribution in [3.63, 3.8) is 0 Å². The fourth-order valence-corrected chi connectivity index (χ4v) is 1.58. The van der Waals surface area contributed by atoms with Gasteiger partial charge in [0.15, 0.2) is 0 Å². The highest BCUT2D eigenvalue weighted by Crippen LogP contribution is 2.24. The fraction of sp³-hybridized carbons (Fsp3) is 0.250. The van der Waals surface area contributed by atoms with E-state index in [9.17, 15) is 14.9 Å². The summed E-state index contributed by atoms with van der Waals surface area (Å²) in [6, 6.07) is 3.91. The maximum atomic E-state index is 11.7. The quantitative estimate of drug-likeness (QED) is 0.386. The Kier molecular flexibility index (Phi) is 5.32. The van der Waals surface area contributed by atoms with Crippen molar-refractivity contribution in [3.8, 4) is 0 Å². The molecule has 0 heterocycles. The number of hydrogen-bond donors (Lipinski definition) is 1. The third-order valence-corrected chi connectivity index (χ3v) is 2.54. The lowest BCUT2D eigenvalue weighted by molar-refractivity contribution is -0.384. The molecule has 0 bridgehead atoms. The SMILES string of the molecule is C/C=C/CCNC(=O)c1ccc([N+](=O)[O-])c(Cl)c1. The van der Waals surface area contributed by atoms with Crippen LogP contribution in [0.3, 0.4) is 0 Å². The number of benzene rings is 1. The molecule has 0 aromatic heterocycles. The standard InChI is InChI=1S/C12H13ClN2O3/c1-2-3-4-7-14-12(16)9-5-6-11(15(17)18)10(13)8-9/h2-3,5-6,8H,4,7H2,1H3,(H,14,16)/b3-2+. The van der Waals surface area contributed by atoms with Gasteiger partial charge in [0.25, 0.3) is 11.6 Å². The van der Waals surface area contributed by atoms with E-state index in [1.54, 1.807) is 0 Å². The van der Waals surface area contributed by atoms with Gasteiger partial charge >= 0.3 is 0 Å². The second-order valence-electron chi connectivity index (χ2n) is 3.54. The molecule has 96 valence electrons. The molecule has 1 N–H and O–H groups in total. The summed E-state index contributed by atoms with van der Waals surface area (Å²) < 4.78 is 0. The van der Waals surface area contributed by atoms with Gasteiger partial charge in [0.1, 0.15) is 5.02 Å².